The SMILES string of the molecule is CCn1c(=O)c(C)nc2cc(C(=O)NC[C@@H]3CCOC3)ccc21. The number of ether oxygens (including phenoxy) is 1. The summed E-state index contributed by atoms with van der Waals surface area (Å²) < 4.78 is 6.98. The van der Waals surface area contributed by atoms with E-state index in [1.807, 2.05) is 6.92 Å². The van der Waals surface area contributed by atoms with Gasteiger partial charge >= 0.3 is 0 Å². The first kappa shape index (κ1) is 15.7. The Balaban J connectivity index is 1.86. The zero-order chi connectivity index (χ0) is 16.4. The molecule has 23 heavy (non-hydrogen) atoms. The predicted molar refractivity (Wildman–Crippen MR) is 87.7 cm³/mol. The first-order valence-corrected chi connectivity index (χ1v) is 7.97. The van der Waals surface area contributed by atoms with Crippen LogP contribution in [0.25, 0.3) is 11.0 Å². The second-order valence-electron chi connectivity index (χ2n) is 5.89. The van der Waals surface area contributed by atoms with Crippen molar-refractivity contribution in [2.24, 2.45) is 5.92 Å². The van der Waals surface area contributed by atoms with Gasteiger partial charge in [0.1, 0.15) is 5.69 Å². The van der Waals surface area contributed by atoms with Gasteiger partial charge in [-0.15, -0.1) is 0 Å². The predicted octanol–water partition coefficient (Wildman–Crippen LogP) is 1.49. The summed E-state index contributed by atoms with van der Waals surface area (Å²) in [5.41, 5.74) is 2.34. The van der Waals surface area contributed by atoms with Crippen LogP contribution in [0.2, 0.25) is 0 Å². The number of nitrogens with one attached hydrogen (secondary N) is 1. The fourth-order valence-electron chi connectivity index (χ4n) is 2.91. The van der Waals surface area contributed by atoms with E-state index in [2.05, 4.69) is 10.3 Å². The van der Waals surface area contributed by atoms with E-state index in [0.29, 0.717) is 42.4 Å². The summed E-state index contributed by atoms with van der Waals surface area (Å²) >= 11 is 0. The maximum atomic E-state index is 12.3. The van der Waals surface area contributed by atoms with E-state index in [1.165, 1.54) is 0 Å². The zero-order valence-electron chi connectivity index (χ0n) is 13.5. The first-order valence-electron chi connectivity index (χ1n) is 7.97. The van der Waals surface area contributed by atoms with Crippen LogP contribution in [-0.4, -0.2) is 35.2 Å². The topological polar surface area (TPSA) is 73.2 Å². The third kappa shape index (κ3) is 3.12. The van der Waals surface area contributed by atoms with Gasteiger partial charge in [-0.2, -0.15) is 0 Å². The number of fused-ring (bicyclic) bond motifs is 1. The zero-order valence-corrected chi connectivity index (χ0v) is 13.5. The molecule has 0 spiro atoms. The Bertz CT molecular complexity index is 792. The van der Waals surface area contributed by atoms with Gasteiger partial charge in [0.2, 0.25) is 0 Å². The van der Waals surface area contributed by atoms with Crippen LogP contribution >= 0.6 is 0 Å². The quantitative estimate of drug-likeness (QED) is 0.928. The number of carbonyl (C=O) groups is 1. The van der Waals surface area contributed by atoms with Crippen LogP contribution in [0.4, 0.5) is 0 Å². The minimum Gasteiger partial charge on any atom is -0.381 e. The van der Waals surface area contributed by atoms with E-state index in [4.69, 9.17) is 4.74 Å². The lowest BCUT2D eigenvalue weighted by atomic mass is 10.1. The minimum absolute atomic E-state index is 0.0848. The van der Waals surface area contributed by atoms with Crippen molar-refractivity contribution in [3.63, 3.8) is 0 Å². The number of benzene rings is 1. The Morgan fingerprint density at radius 3 is 3.00 bits per heavy atom. The van der Waals surface area contributed by atoms with E-state index in [0.717, 1.165) is 18.5 Å². The third-order valence-electron chi connectivity index (χ3n) is 4.26. The molecular weight excluding hydrogens is 294 g/mol. The Morgan fingerprint density at radius 2 is 2.30 bits per heavy atom. The maximum Gasteiger partial charge on any atom is 0.272 e. The second-order valence-corrected chi connectivity index (χ2v) is 5.89. The number of hydrogen-bond donors (Lipinski definition) is 1. The summed E-state index contributed by atoms with van der Waals surface area (Å²) in [5, 5.41) is 2.94. The number of hydrogen-bond acceptors (Lipinski definition) is 4. The number of aromatic nitrogens is 2. The standard InChI is InChI=1S/C17H21N3O3/c1-3-20-15-5-4-13(8-14(15)19-11(2)17(20)22)16(21)18-9-12-6-7-23-10-12/h4-5,8,12H,3,6-7,9-10H2,1-2H3,(H,18,21)/t12-/m0/s1. The molecule has 0 aliphatic carbocycles. The molecule has 6 heteroatoms. The summed E-state index contributed by atoms with van der Waals surface area (Å²) in [7, 11) is 0. The Hall–Kier alpha value is -2.21. The number of rotatable bonds is 4. The van der Waals surface area contributed by atoms with Crippen molar-refractivity contribution >= 4 is 16.9 Å². The van der Waals surface area contributed by atoms with Gasteiger partial charge in [0.25, 0.3) is 11.5 Å². The van der Waals surface area contributed by atoms with Crippen LogP contribution in [0.5, 0.6) is 0 Å². The monoisotopic (exact) mass is 315 g/mol. The third-order valence-corrected chi connectivity index (χ3v) is 4.26. The molecule has 6 nitrogen and oxygen atoms in total. The highest BCUT2D eigenvalue weighted by molar-refractivity contribution is 5.97. The van der Waals surface area contributed by atoms with Crippen molar-refractivity contribution in [3.8, 4) is 0 Å². The van der Waals surface area contributed by atoms with E-state index in [-0.39, 0.29) is 11.5 Å². The molecule has 122 valence electrons. The maximum absolute atomic E-state index is 12.3. The highest BCUT2D eigenvalue weighted by Gasteiger charge is 2.17. The summed E-state index contributed by atoms with van der Waals surface area (Å²) in [4.78, 5) is 28.7. The van der Waals surface area contributed by atoms with Crippen molar-refractivity contribution in [1.29, 1.82) is 0 Å². The molecule has 1 fully saturated rings. The summed E-state index contributed by atoms with van der Waals surface area (Å²) in [6.45, 7) is 6.30. The van der Waals surface area contributed by atoms with Gasteiger partial charge < -0.3 is 14.6 Å². The molecule has 2 heterocycles. The average molecular weight is 315 g/mol. The summed E-state index contributed by atoms with van der Waals surface area (Å²) in [5.74, 6) is 0.276. The Morgan fingerprint density at radius 1 is 1.48 bits per heavy atom. The lowest BCUT2D eigenvalue weighted by Gasteiger charge is -2.12. The largest absolute Gasteiger partial charge is 0.381 e. The van der Waals surface area contributed by atoms with E-state index in [9.17, 15) is 9.59 Å². The number of amides is 1. The van der Waals surface area contributed by atoms with Crippen molar-refractivity contribution in [2.75, 3.05) is 19.8 Å². The summed E-state index contributed by atoms with van der Waals surface area (Å²) in [6.07, 6.45) is 0.988. The Kier molecular flexibility index (Phi) is 4.43. The molecule has 1 N–H and O–H groups in total. The van der Waals surface area contributed by atoms with E-state index < -0.39 is 0 Å². The van der Waals surface area contributed by atoms with Crippen molar-refractivity contribution in [3.05, 3.63) is 39.8 Å². The second kappa shape index (κ2) is 6.50. The molecule has 2 aromatic rings. The average Bonchev–Trinajstić information content (AvgIpc) is 3.07. The van der Waals surface area contributed by atoms with Crippen molar-refractivity contribution in [2.45, 2.75) is 26.8 Å². The molecule has 1 amide bonds. The van der Waals surface area contributed by atoms with E-state index in [1.54, 1.807) is 29.7 Å². The van der Waals surface area contributed by atoms with Crippen LogP contribution in [-0.2, 0) is 11.3 Å². The summed E-state index contributed by atoms with van der Waals surface area (Å²) in [6, 6.07) is 5.28. The molecule has 0 radical (unpaired) electrons. The van der Waals surface area contributed by atoms with Crippen molar-refractivity contribution < 1.29 is 9.53 Å². The normalized spacial score (nSPS) is 17.6. The lowest BCUT2D eigenvalue weighted by Crippen LogP contribution is -2.29. The molecule has 1 saturated heterocycles. The highest BCUT2D eigenvalue weighted by atomic mass is 16.5. The van der Waals surface area contributed by atoms with Gasteiger partial charge in [0, 0.05) is 31.2 Å². The van der Waals surface area contributed by atoms with Gasteiger partial charge in [-0.1, -0.05) is 0 Å². The lowest BCUT2D eigenvalue weighted by molar-refractivity contribution is 0.0945. The van der Waals surface area contributed by atoms with Crippen LogP contribution in [0.3, 0.4) is 0 Å². The van der Waals surface area contributed by atoms with Gasteiger partial charge in [0.05, 0.1) is 17.6 Å². The molecule has 0 unspecified atom stereocenters. The van der Waals surface area contributed by atoms with Crippen LogP contribution < -0.4 is 10.9 Å². The van der Waals surface area contributed by atoms with Crippen LogP contribution in [0.1, 0.15) is 29.4 Å². The van der Waals surface area contributed by atoms with Gasteiger partial charge in [0.15, 0.2) is 0 Å². The van der Waals surface area contributed by atoms with Crippen LogP contribution in [0, 0.1) is 12.8 Å². The van der Waals surface area contributed by atoms with Gasteiger partial charge in [-0.25, -0.2) is 4.98 Å². The molecule has 0 saturated carbocycles. The molecule has 1 aliphatic rings. The number of nitrogens with zero attached hydrogens (tertiary/aromatic N) is 2. The highest BCUT2D eigenvalue weighted by Crippen LogP contribution is 2.14. The fraction of sp³-hybridized carbons (Fsp3) is 0.471. The van der Waals surface area contributed by atoms with E-state index >= 15 is 0 Å². The molecule has 1 aromatic heterocycles. The van der Waals surface area contributed by atoms with Crippen LogP contribution in [0.15, 0.2) is 23.0 Å². The fourth-order valence-corrected chi connectivity index (χ4v) is 2.91. The number of aryl methyl sites for hydroxylation is 2. The smallest absolute Gasteiger partial charge is 0.272 e. The molecule has 0 bridgehead atoms. The molecule has 1 aliphatic heterocycles. The minimum atomic E-state index is -0.118. The van der Waals surface area contributed by atoms with Crippen molar-refractivity contribution in [1.82, 2.24) is 14.9 Å². The molecule has 1 aromatic carbocycles. The molecule has 3 rings (SSSR count). The van der Waals surface area contributed by atoms with Gasteiger partial charge in [-0.05, 0) is 38.5 Å². The number of carbonyl (C=O) groups excluding carboxylic acids is 1. The first-order chi connectivity index (χ1) is 11.1. The Labute approximate surface area is 134 Å². The molecule has 1 atom stereocenters. The molecular formula is C17H21N3O3. The van der Waals surface area contributed by atoms with Gasteiger partial charge in [-0.3, -0.25) is 9.59 Å².